The van der Waals surface area contributed by atoms with Gasteiger partial charge < -0.3 is 14.5 Å². The highest BCUT2D eigenvalue weighted by molar-refractivity contribution is 5.85. The zero-order valence-electron chi connectivity index (χ0n) is 16.6. The van der Waals surface area contributed by atoms with Crippen molar-refractivity contribution in [2.24, 2.45) is 0 Å². The molecule has 3 aromatic carbocycles. The van der Waals surface area contributed by atoms with E-state index >= 15 is 0 Å². The summed E-state index contributed by atoms with van der Waals surface area (Å²) < 4.78 is 19.1. The fourth-order valence-electron chi connectivity index (χ4n) is 3.70. The van der Waals surface area contributed by atoms with Crippen LogP contribution in [-0.4, -0.2) is 49.6 Å². The summed E-state index contributed by atoms with van der Waals surface area (Å²) in [5.41, 5.74) is 1.40. The molecule has 4 rings (SSSR count). The second-order valence-electron chi connectivity index (χ2n) is 7.34. The maximum Gasteiger partial charge on any atom is 0.310 e. The molecule has 0 radical (unpaired) electrons. The largest absolute Gasteiger partial charge is 0.455 e. The molecule has 1 aliphatic rings. The lowest BCUT2D eigenvalue weighted by Crippen LogP contribution is -2.50. The molecule has 1 aliphatic heterocycles. The first-order valence-corrected chi connectivity index (χ1v) is 10.0. The molecular weight excluding hydrogens is 383 g/mol. The number of piperazine rings is 1. The van der Waals surface area contributed by atoms with Gasteiger partial charge in [0.15, 0.2) is 6.61 Å². The van der Waals surface area contributed by atoms with Gasteiger partial charge in [-0.3, -0.25) is 9.59 Å². The first kappa shape index (κ1) is 19.9. The van der Waals surface area contributed by atoms with E-state index in [-0.39, 0.29) is 24.8 Å². The van der Waals surface area contributed by atoms with Crippen LogP contribution in [0.3, 0.4) is 0 Å². The fourth-order valence-corrected chi connectivity index (χ4v) is 3.70. The minimum Gasteiger partial charge on any atom is -0.455 e. The van der Waals surface area contributed by atoms with Gasteiger partial charge in [0, 0.05) is 26.2 Å². The first-order chi connectivity index (χ1) is 14.6. The number of amides is 1. The lowest BCUT2D eigenvalue weighted by atomic mass is 10.1. The van der Waals surface area contributed by atoms with Crippen molar-refractivity contribution >= 4 is 28.3 Å². The first-order valence-electron chi connectivity index (χ1n) is 10.0. The van der Waals surface area contributed by atoms with Gasteiger partial charge in [-0.05, 0) is 28.5 Å². The van der Waals surface area contributed by atoms with Gasteiger partial charge >= 0.3 is 5.97 Å². The predicted molar refractivity (Wildman–Crippen MR) is 114 cm³/mol. The molecule has 154 valence electrons. The highest BCUT2D eigenvalue weighted by atomic mass is 19.1. The molecule has 1 saturated heterocycles. The van der Waals surface area contributed by atoms with Crippen molar-refractivity contribution in [3.63, 3.8) is 0 Å². The number of para-hydroxylation sites is 1. The number of hydrogen-bond donors (Lipinski definition) is 0. The standard InChI is InChI=1S/C24H23FN2O3/c25-21-7-3-4-8-22(21)26-11-13-27(14-12-26)23(28)17-30-24(29)16-18-9-10-19-5-1-2-6-20(19)15-18/h1-10,15H,11-14,16-17H2. The van der Waals surface area contributed by atoms with Crippen LogP contribution in [0.4, 0.5) is 10.1 Å². The molecule has 0 spiro atoms. The van der Waals surface area contributed by atoms with Crippen molar-refractivity contribution in [1.29, 1.82) is 0 Å². The number of fused-ring (bicyclic) bond motifs is 1. The predicted octanol–water partition coefficient (Wildman–Crippen LogP) is 3.41. The quantitative estimate of drug-likeness (QED) is 0.610. The summed E-state index contributed by atoms with van der Waals surface area (Å²) in [6, 6.07) is 20.4. The van der Waals surface area contributed by atoms with E-state index in [0.29, 0.717) is 31.9 Å². The molecular formula is C24H23FN2O3. The number of esters is 1. The molecule has 0 bridgehead atoms. The molecule has 0 aliphatic carbocycles. The van der Waals surface area contributed by atoms with E-state index in [1.54, 1.807) is 23.1 Å². The second-order valence-corrected chi connectivity index (χ2v) is 7.34. The number of halogens is 1. The van der Waals surface area contributed by atoms with Crippen LogP contribution in [0.2, 0.25) is 0 Å². The van der Waals surface area contributed by atoms with Gasteiger partial charge in [-0.1, -0.05) is 54.6 Å². The van der Waals surface area contributed by atoms with E-state index < -0.39 is 5.97 Å². The summed E-state index contributed by atoms with van der Waals surface area (Å²) in [4.78, 5) is 28.1. The average molecular weight is 406 g/mol. The highest BCUT2D eigenvalue weighted by Crippen LogP contribution is 2.20. The number of hydrogen-bond acceptors (Lipinski definition) is 4. The van der Waals surface area contributed by atoms with E-state index in [4.69, 9.17) is 4.74 Å². The Hall–Kier alpha value is -3.41. The van der Waals surface area contributed by atoms with Crippen molar-refractivity contribution in [2.45, 2.75) is 6.42 Å². The molecule has 1 amide bonds. The molecule has 0 N–H and O–H groups in total. The number of carbonyl (C=O) groups excluding carboxylic acids is 2. The zero-order valence-corrected chi connectivity index (χ0v) is 16.6. The van der Waals surface area contributed by atoms with Crippen molar-refractivity contribution in [3.8, 4) is 0 Å². The number of rotatable bonds is 5. The van der Waals surface area contributed by atoms with E-state index in [0.717, 1.165) is 16.3 Å². The van der Waals surface area contributed by atoms with Gasteiger partial charge in [0.2, 0.25) is 0 Å². The molecule has 30 heavy (non-hydrogen) atoms. The summed E-state index contributed by atoms with van der Waals surface area (Å²) in [6.07, 6.45) is 0.124. The molecule has 0 unspecified atom stereocenters. The molecule has 1 heterocycles. The summed E-state index contributed by atoms with van der Waals surface area (Å²) in [7, 11) is 0. The maximum atomic E-state index is 13.9. The van der Waals surface area contributed by atoms with Crippen molar-refractivity contribution in [1.82, 2.24) is 4.90 Å². The summed E-state index contributed by atoms with van der Waals surface area (Å²) >= 11 is 0. The Kier molecular flexibility index (Phi) is 5.93. The number of anilines is 1. The summed E-state index contributed by atoms with van der Waals surface area (Å²) in [5, 5.41) is 2.17. The van der Waals surface area contributed by atoms with Gasteiger partial charge in [0.05, 0.1) is 12.1 Å². The van der Waals surface area contributed by atoms with E-state index in [9.17, 15) is 14.0 Å². The molecule has 6 heteroatoms. The van der Waals surface area contributed by atoms with E-state index in [1.165, 1.54) is 6.07 Å². The number of nitrogens with zero attached hydrogens (tertiary/aromatic N) is 2. The minimum absolute atomic E-state index is 0.124. The van der Waals surface area contributed by atoms with Crippen molar-refractivity contribution in [3.05, 3.63) is 78.1 Å². The topological polar surface area (TPSA) is 49.9 Å². The number of benzene rings is 3. The third-order valence-corrected chi connectivity index (χ3v) is 5.34. The Morgan fingerprint density at radius 3 is 2.33 bits per heavy atom. The Balaban J connectivity index is 1.25. The molecule has 0 atom stereocenters. The molecule has 5 nitrogen and oxygen atoms in total. The Morgan fingerprint density at radius 2 is 1.57 bits per heavy atom. The molecule has 0 aromatic heterocycles. The van der Waals surface area contributed by atoms with Crippen LogP contribution in [0.5, 0.6) is 0 Å². The van der Waals surface area contributed by atoms with Gasteiger partial charge in [-0.2, -0.15) is 0 Å². The Bertz CT molecular complexity index is 1060. The van der Waals surface area contributed by atoms with E-state index in [1.807, 2.05) is 47.4 Å². The lowest BCUT2D eigenvalue weighted by Gasteiger charge is -2.36. The van der Waals surface area contributed by atoms with Crippen LogP contribution >= 0.6 is 0 Å². The third kappa shape index (κ3) is 4.59. The maximum absolute atomic E-state index is 13.9. The SMILES string of the molecule is O=C(Cc1ccc2ccccc2c1)OCC(=O)N1CCN(c2ccccc2F)CC1. The third-order valence-electron chi connectivity index (χ3n) is 5.34. The van der Waals surface area contributed by atoms with Gasteiger partial charge in [0.1, 0.15) is 5.82 Å². The van der Waals surface area contributed by atoms with Crippen LogP contribution in [0.15, 0.2) is 66.7 Å². The van der Waals surface area contributed by atoms with Crippen molar-refractivity contribution in [2.75, 3.05) is 37.7 Å². The van der Waals surface area contributed by atoms with Crippen LogP contribution in [0, 0.1) is 5.82 Å². The zero-order chi connectivity index (χ0) is 20.9. The van der Waals surface area contributed by atoms with Gasteiger partial charge in [-0.15, -0.1) is 0 Å². The molecule has 3 aromatic rings. The monoisotopic (exact) mass is 406 g/mol. The van der Waals surface area contributed by atoms with Crippen LogP contribution in [-0.2, 0) is 20.7 Å². The normalized spacial score (nSPS) is 14.0. The second kappa shape index (κ2) is 8.95. The van der Waals surface area contributed by atoms with Gasteiger partial charge in [0.25, 0.3) is 5.91 Å². The van der Waals surface area contributed by atoms with Crippen LogP contribution in [0.25, 0.3) is 10.8 Å². The van der Waals surface area contributed by atoms with Crippen LogP contribution < -0.4 is 4.90 Å². The van der Waals surface area contributed by atoms with E-state index in [2.05, 4.69) is 0 Å². The number of carbonyl (C=O) groups is 2. The number of ether oxygens (including phenoxy) is 1. The Labute approximate surface area is 174 Å². The minimum atomic E-state index is -0.427. The smallest absolute Gasteiger partial charge is 0.310 e. The Morgan fingerprint density at radius 1 is 0.867 bits per heavy atom. The average Bonchev–Trinajstić information content (AvgIpc) is 2.78. The summed E-state index contributed by atoms with van der Waals surface area (Å²) in [6.45, 7) is 1.74. The molecule has 1 fully saturated rings. The fraction of sp³-hybridized carbons (Fsp3) is 0.250. The lowest BCUT2D eigenvalue weighted by molar-refractivity contribution is -0.151. The molecule has 0 saturated carbocycles. The van der Waals surface area contributed by atoms with Crippen LogP contribution in [0.1, 0.15) is 5.56 Å². The highest BCUT2D eigenvalue weighted by Gasteiger charge is 2.23. The van der Waals surface area contributed by atoms with Crippen molar-refractivity contribution < 1.29 is 18.7 Å². The van der Waals surface area contributed by atoms with Gasteiger partial charge in [-0.25, -0.2) is 4.39 Å². The summed E-state index contributed by atoms with van der Waals surface area (Å²) in [5.74, 6) is -0.918.